The lowest BCUT2D eigenvalue weighted by molar-refractivity contribution is -0.152. The van der Waals surface area contributed by atoms with Crippen molar-refractivity contribution in [3.63, 3.8) is 0 Å². The summed E-state index contributed by atoms with van der Waals surface area (Å²) in [6, 6.07) is 0. The molecule has 2 saturated heterocycles. The Morgan fingerprint density at radius 2 is 2.35 bits per heavy atom. The van der Waals surface area contributed by atoms with E-state index >= 15 is 0 Å². The molecule has 94 valence electrons. The number of ether oxygens (including phenoxy) is 1. The van der Waals surface area contributed by atoms with Gasteiger partial charge in [-0.15, -0.1) is 0 Å². The number of allylic oxidation sites excluding steroid dienone is 1. The molecule has 17 heavy (non-hydrogen) atoms. The molecule has 0 saturated carbocycles. The Balaban J connectivity index is 1.81. The predicted octanol–water partition coefficient (Wildman–Crippen LogP) is 1.31. The molecule has 3 heterocycles. The molecule has 5 heteroatoms. The Bertz CT molecular complexity index is 387. The van der Waals surface area contributed by atoms with E-state index in [2.05, 4.69) is 0 Å². The standard InChI is InChI=1S/C12H17NO3S/c1-6-10(8-4-3-5-16-8)17-12-9(7(2)14)11(15)13(6)12/h7-9,12,14H,3-5H2,1-2H3/t7-,8-,9+,12-/m1/s1. The summed E-state index contributed by atoms with van der Waals surface area (Å²) in [5.41, 5.74) is 1.04. The first-order valence-electron chi connectivity index (χ1n) is 6.11. The maximum Gasteiger partial charge on any atom is 0.236 e. The van der Waals surface area contributed by atoms with Gasteiger partial charge in [0.1, 0.15) is 5.37 Å². The van der Waals surface area contributed by atoms with E-state index < -0.39 is 6.10 Å². The van der Waals surface area contributed by atoms with Gasteiger partial charge >= 0.3 is 0 Å². The monoisotopic (exact) mass is 255 g/mol. The lowest BCUT2D eigenvalue weighted by Gasteiger charge is -2.44. The first kappa shape index (κ1) is 11.6. The van der Waals surface area contributed by atoms with Crippen LogP contribution in [0.3, 0.4) is 0 Å². The van der Waals surface area contributed by atoms with Crippen molar-refractivity contribution in [3.8, 4) is 0 Å². The third-order valence-electron chi connectivity index (χ3n) is 3.79. The topological polar surface area (TPSA) is 49.8 Å². The summed E-state index contributed by atoms with van der Waals surface area (Å²) in [6.45, 7) is 4.50. The van der Waals surface area contributed by atoms with Gasteiger partial charge in [0.15, 0.2) is 0 Å². The van der Waals surface area contributed by atoms with Gasteiger partial charge in [-0.25, -0.2) is 0 Å². The normalized spacial score (nSPS) is 38.4. The molecule has 4 atom stereocenters. The van der Waals surface area contributed by atoms with Gasteiger partial charge in [0.05, 0.1) is 18.1 Å². The van der Waals surface area contributed by atoms with Crippen LogP contribution in [-0.2, 0) is 9.53 Å². The van der Waals surface area contributed by atoms with E-state index in [9.17, 15) is 9.90 Å². The van der Waals surface area contributed by atoms with Crippen LogP contribution < -0.4 is 0 Å². The zero-order chi connectivity index (χ0) is 12.2. The fourth-order valence-corrected chi connectivity index (χ4v) is 4.57. The van der Waals surface area contributed by atoms with Crippen LogP contribution in [0.15, 0.2) is 10.6 Å². The fourth-order valence-electron chi connectivity index (χ4n) is 2.84. The number of carbonyl (C=O) groups is 1. The highest BCUT2D eigenvalue weighted by molar-refractivity contribution is 8.04. The second-order valence-electron chi connectivity index (χ2n) is 4.93. The van der Waals surface area contributed by atoms with Crippen LogP contribution >= 0.6 is 11.8 Å². The van der Waals surface area contributed by atoms with Crippen molar-refractivity contribution in [3.05, 3.63) is 10.6 Å². The van der Waals surface area contributed by atoms with Gasteiger partial charge in [0.2, 0.25) is 5.91 Å². The van der Waals surface area contributed by atoms with Crippen LogP contribution in [-0.4, -0.2) is 40.1 Å². The highest BCUT2D eigenvalue weighted by Crippen LogP contribution is 2.52. The van der Waals surface area contributed by atoms with E-state index in [1.54, 1.807) is 18.7 Å². The second-order valence-corrected chi connectivity index (χ2v) is 6.09. The van der Waals surface area contributed by atoms with Gasteiger partial charge in [0.25, 0.3) is 0 Å². The van der Waals surface area contributed by atoms with E-state index in [1.807, 2.05) is 11.8 Å². The van der Waals surface area contributed by atoms with E-state index in [1.165, 1.54) is 4.91 Å². The van der Waals surface area contributed by atoms with Gasteiger partial charge in [-0.2, -0.15) is 0 Å². The molecule has 0 radical (unpaired) electrons. The third-order valence-corrected chi connectivity index (χ3v) is 5.35. The van der Waals surface area contributed by atoms with Gasteiger partial charge in [-0.05, 0) is 26.7 Å². The molecule has 0 aromatic heterocycles. The smallest absolute Gasteiger partial charge is 0.236 e. The SMILES string of the molecule is CC1=C([C@H]2CCCO2)S[C@@H]2[C@@H]([C@@H](C)O)C(=O)N12. The fraction of sp³-hybridized carbons (Fsp3) is 0.750. The summed E-state index contributed by atoms with van der Waals surface area (Å²) in [5.74, 6) is -0.183. The van der Waals surface area contributed by atoms with Crippen molar-refractivity contribution >= 4 is 17.7 Å². The summed E-state index contributed by atoms with van der Waals surface area (Å²) in [5, 5.41) is 9.72. The third kappa shape index (κ3) is 1.56. The Morgan fingerprint density at radius 1 is 1.59 bits per heavy atom. The molecule has 2 fully saturated rings. The van der Waals surface area contributed by atoms with Crippen molar-refractivity contribution in [1.29, 1.82) is 0 Å². The minimum atomic E-state index is -0.562. The number of β-lactam (4-membered cyclic amide) rings is 1. The van der Waals surface area contributed by atoms with Gasteiger partial charge in [-0.3, -0.25) is 4.79 Å². The summed E-state index contributed by atoms with van der Waals surface area (Å²) in [7, 11) is 0. The predicted molar refractivity (Wildman–Crippen MR) is 65.1 cm³/mol. The summed E-state index contributed by atoms with van der Waals surface area (Å²) in [6.07, 6.45) is 1.76. The summed E-state index contributed by atoms with van der Waals surface area (Å²) >= 11 is 1.71. The Kier molecular flexibility index (Phi) is 2.72. The van der Waals surface area contributed by atoms with Gasteiger partial charge < -0.3 is 14.7 Å². The largest absolute Gasteiger partial charge is 0.392 e. The molecule has 4 nitrogen and oxygen atoms in total. The van der Waals surface area contributed by atoms with Crippen LogP contribution in [0, 0.1) is 5.92 Å². The molecular weight excluding hydrogens is 238 g/mol. The van der Waals surface area contributed by atoms with Crippen molar-refractivity contribution in [2.45, 2.75) is 44.3 Å². The number of carbonyl (C=O) groups excluding carboxylic acids is 1. The zero-order valence-electron chi connectivity index (χ0n) is 10.0. The van der Waals surface area contributed by atoms with Crippen LogP contribution in [0.1, 0.15) is 26.7 Å². The maximum absolute atomic E-state index is 11.9. The Labute approximate surface area is 105 Å². The number of thioether (sulfide) groups is 1. The van der Waals surface area contributed by atoms with E-state index in [4.69, 9.17) is 4.74 Å². The first-order valence-corrected chi connectivity index (χ1v) is 6.99. The summed E-state index contributed by atoms with van der Waals surface area (Å²) < 4.78 is 5.68. The van der Waals surface area contributed by atoms with Crippen molar-refractivity contribution in [1.82, 2.24) is 4.90 Å². The number of aliphatic hydroxyl groups excluding tert-OH is 1. The summed E-state index contributed by atoms with van der Waals surface area (Å²) in [4.78, 5) is 14.9. The molecule has 0 unspecified atom stereocenters. The average Bonchev–Trinajstić information content (AvgIpc) is 2.82. The van der Waals surface area contributed by atoms with Gasteiger partial charge in [0, 0.05) is 17.2 Å². The number of amides is 1. The Morgan fingerprint density at radius 3 is 2.94 bits per heavy atom. The maximum atomic E-state index is 11.9. The number of aliphatic hydroxyl groups is 1. The minimum absolute atomic E-state index is 0.0583. The van der Waals surface area contributed by atoms with E-state index in [-0.39, 0.29) is 23.3 Å². The lowest BCUT2D eigenvalue weighted by atomic mass is 9.92. The number of hydrogen-bond donors (Lipinski definition) is 1. The molecule has 1 N–H and O–H groups in total. The molecule has 3 rings (SSSR count). The molecule has 3 aliphatic heterocycles. The molecule has 0 aromatic rings. The van der Waals surface area contributed by atoms with Crippen molar-refractivity contribution in [2.24, 2.45) is 5.92 Å². The highest BCUT2D eigenvalue weighted by atomic mass is 32.2. The molecule has 3 aliphatic rings. The van der Waals surface area contributed by atoms with E-state index in [0.717, 1.165) is 25.1 Å². The zero-order valence-corrected chi connectivity index (χ0v) is 10.9. The number of nitrogens with zero attached hydrogens (tertiary/aromatic N) is 1. The lowest BCUT2D eigenvalue weighted by Crippen LogP contribution is -2.59. The Hall–Kier alpha value is -0.520. The van der Waals surface area contributed by atoms with Gasteiger partial charge in [-0.1, -0.05) is 11.8 Å². The molecular formula is C12H17NO3S. The molecule has 0 aliphatic carbocycles. The van der Waals surface area contributed by atoms with Crippen LogP contribution in [0.2, 0.25) is 0 Å². The van der Waals surface area contributed by atoms with Crippen LogP contribution in [0.25, 0.3) is 0 Å². The van der Waals surface area contributed by atoms with Crippen molar-refractivity contribution in [2.75, 3.05) is 6.61 Å². The number of rotatable bonds is 2. The van der Waals surface area contributed by atoms with Crippen LogP contribution in [0.4, 0.5) is 0 Å². The first-order chi connectivity index (χ1) is 8.11. The number of fused-ring (bicyclic) bond motifs is 1. The molecule has 0 bridgehead atoms. The quantitative estimate of drug-likeness (QED) is 0.756. The molecule has 0 aromatic carbocycles. The minimum Gasteiger partial charge on any atom is -0.392 e. The highest BCUT2D eigenvalue weighted by Gasteiger charge is 2.55. The number of hydrogen-bond acceptors (Lipinski definition) is 4. The van der Waals surface area contributed by atoms with Crippen LogP contribution in [0.5, 0.6) is 0 Å². The van der Waals surface area contributed by atoms with Crippen molar-refractivity contribution < 1.29 is 14.6 Å². The van der Waals surface area contributed by atoms with E-state index in [0.29, 0.717) is 0 Å². The molecule has 1 amide bonds. The molecule has 0 spiro atoms. The second kappa shape index (κ2) is 4.00. The average molecular weight is 255 g/mol.